The number of hydrogen-bond acceptors (Lipinski definition) is 2. The van der Waals surface area contributed by atoms with Crippen molar-refractivity contribution in [2.45, 2.75) is 19.9 Å². The van der Waals surface area contributed by atoms with Crippen molar-refractivity contribution in [2.24, 2.45) is 0 Å². The van der Waals surface area contributed by atoms with E-state index in [2.05, 4.69) is 4.57 Å². The molecule has 0 radical (unpaired) electrons. The van der Waals surface area contributed by atoms with Crippen LogP contribution in [0, 0.1) is 6.92 Å². The monoisotopic (exact) mass is 365 g/mol. The molecule has 126 valence electrons. The van der Waals surface area contributed by atoms with Crippen molar-refractivity contribution in [1.29, 1.82) is 0 Å². The Balaban J connectivity index is 2.11. The van der Waals surface area contributed by atoms with Gasteiger partial charge in [0.1, 0.15) is 5.69 Å². The number of fused-ring (bicyclic) bond motifs is 1. The number of hydrogen-bond donors (Lipinski definition) is 1. The van der Waals surface area contributed by atoms with E-state index in [-0.39, 0.29) is 5.75 Å². The zero-order chi connectivity index (χ0) is 17.3. The van der Waals surface area contributed by atoms with Gasteiger partial charge in [-0.25, -0.2) is 4.57 Å². The zero-order valence-corrected chi connectivity index (χ0v) is 14.8. The van der Waals surface area contributed by atoms with E-state index in [9.17, 15) is 8.42 Å². The third-order valence-corrected chi connectivity index (χ3v) is 5.02. The molecule has 0 bridgehead atoms. The highest BCUT2D eigenvalue weighted by molar-refractivity contribution is 7.85. The van der Waals surface area contributed by atoms with E-state index in [0.29, 0.717) is 18.0 Å². The van der Waals surface area contributed by atoms with Crippen LogP contribution >= 0.6 is 11.6 Å². The third kappa shape index (κ3) is 3.45. The maximum absolute atomic E-state index is 11.0. The van der Waals surface area contributed by atoms with Gasteiger partial charge in [-0.1, -0.05) is 29.8 Å². The minimum Gasteiger partial charge on any atom is -0.286 e. The topological polar surface area (TPSA) is 63.2 Å². The number of benzene rings is 2. The molecule has 0 spiro atoms. The Bertz CT molecular complexity index is 982. The molecular formula is C17H18ClN2O3S+. The minimum atomic E-state index is -3.96. The van der Waals surface area contributed by atoms with Gasteiger partial charge in [-0.05, 0) is 24.3 Å². The molecule has 0 aliphatic heterocycles. The number of imidazole rings is 1. The van der Waals surface area contributed by atoms with Crippen molar-refractivity contribution in [2.75, 3.05) is 5.75 Å². The first-order chi connectivity index (χ1) is 11.4. The first-order valence-corrected chi connectivity index (χ1v) is 9.56. The fourth-order valence-electron chi connectivity index (χ4n) is 2.96. The molecule has 0 saturated carbocycles. The van der Waals surface area contributed by atoms with E-state index < -0.39 is 10.1 Å². The molecule has 5 nitrogen and oxygen atoms in total. The predicted octanol–water partition coefficient (Wildman–Crippen LogP) is 3.16. The molecule has 1 N–H and O–H groups in total. The second kappa shape index (κ2) is 6.55. The lowest BCUT2D eigenvalue weighted by Crippen LogP contribution is -2.37. The van der Waals surface area contributed by atoms with Crippen LogP contribution in [0.3, 0.4) is 0 Å². The Hall–Kier alpha value is -1.89. The van der Waals surface area contributed by atoms with E-state index in [4.69, 9.17) is 16.2 Å². The van der Waals surface area contributed by atoms with Gasteiger partial charge in [0.15, 0.2) is 11.0 Å². The standard InChI is InChI=1S/C17H17ClN2O3S/c1-13-19(10-5-11-24(21,22)23)17-12-14(18)8-9-16(17)20(13)15-6-3-2-4-7-15/h2-4,6-9,12H,5,10-11H2,1H3/p+1. The first-order valence-electron chi connectivity index (χ1n) is 7.58. The normalized spacial score (nSPS) is 12.0. The summed E-state index contributed by atoms with van der Waals surface area (Å²) in [4.78, 5) is 0. The second-order valence-electron chi connectivity index (χ2n) is 5.64. The number of aryl methyl sites for hydroxylation is 1. The number of halogens is 1. The van der Waals surface area contributed by atoms with Crippen molar-refractivity contribution < 1.29 is 17.5 Å². The fourth-order valence-corrected chi connectivity index (χ4v) is 3.62. The maximum atomic E-state index is 11.0. The van der Waals surface area contributed by atoms with Gasteiger partial charge in [0.25, 0.3) is 15.9 Å². The predicted molar refractivity (Wildman–Crippen MR) is 94.2 cm³/mol. The molecule has 1 heterocycles. The van der Waals surface area contributed by atoms with Gasteiger partial charge < -0.3 is 0 Å². The first kappa shape index (κ1) is 17.0. The molecule has 0 amide bonds. The van der Waals surface area contributed by atoms with Crippen LogP contribution < -0.4 is 4.57 Å². The second-order valence-corrected chi connectivity index (χ2v) is 7.65. The lowest BCUT2D eigenvalue weighted by molar-refractivity contribution is -0.677. The largest absolute Gasteiger partial charge is 0.286 e. The molecule has 24 heavy (non-hydrogen) atoms. The smallest absolute Gasteiger partial charge is 0.265 e. The Kier molecular flexibility index (Phi) is 4.62. The molecule has 3 rings (SSSR count). The quantitative estimate of drug-likeness (QED) is 0.558. The maximum Gasteiger partial charge on any atom is 0.265 e. The molecule has 3 aromatic rings. The highest BCUT2D eigenvalue weighted by atomic mass is 35.5. The minimum absolute atomic E-state index is 0.266. The SMILES string of the molecule is Cc1n(-c2ccccc2)c2ccc(Cl)cc2[n+]1CCCS(=O)(=O)O. The van der Waals surface area contributed by atoms with Gasteiger partial charge in [0, 0.05) is 24.4 Å². The number of nitrogens with zero attached hydrogens (tertiary/aromatic N) is 2. The Labute approximate surface area is 145 Å². The summed E-state index contributed by atoms with van der Waals surface area (Å²) in [5, 5.41) is 0.622. The summed E-state index contributed by atoms with van der Waals surface area (Å²) in [5.41, 5.74) is 2.95. The molecule has 1 aromatic heterocycles. The molecule has 0 unspecified atom stereocenters. The van der Waals surface area contributed by atoms with Crippen LogP contribution in [0.2, 0.25) is 5.02 Å². The van der Waals surface area contributed by atoms with Crippen LogP contribution in [-0.4, -0.2) is 23.3 Å². The average molecular weight is 366 g/mol. The third-order valence-electron chi connectivity index (χ3n) is 3.98. The molecule has 0 saturated heterocycles. The van der Waals surface area contributed by atoms with Crippen LogP contribution in [0.25, 0.3) is 16.7 Å². The van der Waals surface area contributed by atoms with Crippen molar-refractivity contribution in [1.82, 2.24) is 4.57 Å². The lowest BCUT2D eigenvalue weighted by atomic mass is 10.2. The van der Waals surface area contributed by atoms with Gasteiger partial charge in [-0.3, -0.25) is 4.55 Å². The highest BCUT2D eigenvalue weighted by Gasteiger charge is 2.23. The number of para-hydroxylation sites is 1. The summed E-state index contributed by atoms with van der Waals surface area (Å²) in [6.07, 6.45) is 0.324. The Morgan fingerprint density at radius 2 is 1.88 bits per heavy atom. The van der Waals surface area contributed by atoms with E-state index >= 15 is 0 Å². The van der Waals surface area contributed by atoms with Crippen LogP contribution in [0.1, 0.15) is 12.2 Å². The summed E-state index contributed by atoms with van der Waals surface area (Å²) < 4.78 is 35.0. The highest BCUT2D eigenvalue weighted by Crippen LogP contribution is 2.23. The lowest BCUT2D eigenvalue weighted by Gasteiger charge is -2.01. The van der Waals surface area contributed by atoms with E-state index in [1.807, 2.05) is 60.0 Å². The van der Waals surface area contributed by atoms with Crippen LogP contribution in [0.4, 0.5) is 0 Å². The molecule has 0 aliphatic rings. The van der Waals surface area contributed by atoms with Gasteiger partial charge in [0.05, 0.1) is 12.3 Å². The molecule has 0 fully saturated rings. The number of rotatable bonds is 5. The van der Waals surface area contributed by atoms with Gasteiger partial charge in [0.2, 0.25) is 0 Å². The molecule has 0 aliphatic carbocycles. The summed E-state index contributed by atoms with van der Waals surface area (Å²) >= 11 is 6.15. The fraction of sp³-hybridized carbons (Fsp3) is 0.235. The summed E-state index contributed by atoms with van der Waals surface area (Å²) in [6.45, 7) is 2.46. The molecule has 2 aromatic carbocycles. The summed E-state index contributed by atoms with van der Waals surface area (Å²) in [6, 6.07) is 15.6. The van der Waals surface area contributed by atoms with Crippen molar-refractivity contribution in [3.8, 4) is 5.69 Å². The van der Waals surface area contributed by atoms with Crippen molar-refractivity contribution >= 4 is 32.8 Å². The summed E-state index contributed by atoms with van der Waals surface area (Å²) in [5.74, 6) is 0.701. The average Bonchev–Trinajstić information content (AvgIpc) is 2.79. The summed E-state index contributed by atoms with van der Waals surface area (Å²) in [7, 11) is -3.96. The van der Waals surface area contributed by atoms with Crippen molar-refractivity contribution in [3.63, 3.8) is 0 Å². The van der Waals surface area contributed by atoms with Gasteiger partial charge >= 0.3 is 0 Å². The van der Waals surface area contributed by atoms with Crippen LogP contribution in [0.15, 0.2) is 48.5 Å². The zero-order valence-electron chi connectivity index (χ0n) is 13.2. The molecule has 0 atom stereocenters. The van der Waals surface area contributed by atoms with E-state index in [0.717, 1.165) is 22.5 Å². The van der Waals surface area contributed by atoms with E-state index in [1.165, 1.54) is 0 Å². The van der Waals surface area contributed by atoms with E-state index in [1.54, 1.807) is 0 Å². The Morgan fingerprint density at radius 3 is 2.54 bits per heavy atom. The van der Waals surface area contributed by atoms with Crippen LogP contribution in [0.5, 0.6) is 0 Å². The number of aromatic nitrogens is 2. The molecule has 7 heteroatoms. The Morgan fingerprint density at radius 1 is 1.17 bits per heavy atom. The molecular weight excluding hydrogens is 348 g/mol. The van der Waals surface area contributed by atoms with Crippen LogP contribution in [-0.2, 0) is 16.7 Å². The van der Waals surface area contributed by atoms with Gasteiger partial charge in [-0.2, -0.15) is 13.0 Å². The van der Waals surface area contributed by atoms with Crippen molar-refractivity contribution in [3.05, 3.63) is 59.4 Å². The van der Waals surface area contributed by atoms with Gasteiger partial charge in [-0.15, -0.1) is 0 Å².